The van der Waals surface area contributed by atoms with E-state index < -0.39 is 7.60 Å². The highest BCUT2D eigenvalue weighted by atomic mass is 31.2. The maximum absolute atomic E-state index is 11.1. The molecule has 0 aliphatic heterocycles. The van der Waals surface area contributed by atoms with Gasteiger partial charge in [-0.05, 0) is 6.92 Å². The zero-order valence-corrected chi connectivity index (χ0v) is 7.63. The molecule has 5 heteroatoms. The lowest BCUT2D eigenvalue weighted by atomic mass is 10.5. The third kappa shape index (κ3) is 6.05. The molecule has 0 aliphatic carbocycles. The standard InChI is InChI=1S/C6H12NO3P/c1-3-9-11(2,8)10-6-4-5-7/h3-4,6H2,1-2H3. The summed E-state index contributed by atoms with van der Waals surface area (Å²) in [4.78, 5) is 0. The molecule has 0 fully saturated rings. The summed E-state index contributed by atoms with van der Waals surface area (Å²) in [5, 5.41) is 8.13. The van der Waals surface area contributed by atoms with Gasteiger partial charge in [0.15, 0.2) is 0 Å². The van der Waals surface area contributed by atoms with Crippen LogP contribution in [0.25, 0.3) is 0 Å². The minimum Gasteiger partial charge on any atom is -0.309 e. The molecule has 64 valence electrons. The van der Waals surface area contributed by atoms with Gasteiger partial charge in [-0.25, -0.2) is 0 Å². The van der Waals surface area contributed by atoms with E-state index in [1.165, 1.54) is 6.66 Å². The van der Waals surface area contributed by atoms with E-state index in [1.54, 1.807) is 6.92 Å². The summed E-state index contributed by atoms with van der Waals surface area (Å²) < 4.78 is 20.8. The second kappa shape index (κ2) is 5.31. The van der Waals surface area contributed by atoms with Gasteiger partial charge in [-0.1, -0.05) is 0 Å². The monoisotopic (exact) mass is 177 g/mol. The Kier molecular flexibility index (Phi) is 5.14. The normalized spacial score (nSPS) is 15.4. The molecule has 0 radical (unpaired) electrons. The molecule has 0 saturated carbocycles. The fourth-order valence-electron chi connectivity index (χ4n) is 0.529. The van der Waals surface area contributed by atoms with Gasteiger partial charge in [-0.2, -0.15) is 5.26 Å². The molecular formula is C6H12NO3P. The summed E-state index contributed by atoms with van der Waals surface area (Å²) in [6.07, 6.45) is 0.241. The van der Waals surface area contributed by atoms with Crippen molar-refractivity contribution in [2.45, 2.75) is 13.3 Å². The maximum atomic E-state index is 11.1. The largest absolute Gasteiger partial charge is 0.327 e. The van der Waals surface area contributed by atoms with E-state index in [2.05, 4.69) is 0 Å². The Hall–Kier alpha value is -0.360. The first-order valence-corrected chi connectivity index (χ1v) is 5.35. The molecule has 0 aromatic rings. The van der Waals surface area contributed by atoms with Gasteiger partial charge in [0.2, 0.25) is 0 Å². The van der Waals surface area contributed by atoms with Gasteiger partial charge in [0, 0.05) is 6.66 Å². The average molecular weight is 177 g/mol. The number of nitriles is 1. The van der Waals surface area contributed by atoms with E-state index in [0.717, 1.165) is 0 Å². The SMILES string of the molecule is CCOP(C)(=O)OCCC#N. The van der Waals surface area contributed by atoms with Gasteiger partial charge < -0.3 is 9.05 Å². The molecule has 0 heterocycles. The van der Waals surface area contributed by atoms with E-state index in [1.807, 2.05) is 6.07 Å². The van der Waals surface area contributed by atoms with Crippen LogP contribution in [-0.2, 0) is 13.6 Å². The molecule has 0 amide bonds. The number of nitrogens with zero attached hydrogens (tertiary/aromatic N) is 1. The summed E-state index contributed by atoms with van der Waals surface area (Å²) in [5.41, 5.74) is 0. The van der Waals surface area contributed by atoms with Crippen molar-refractivity contribution in [3.63, 3.8) is 0 Å². The van der Waals surface area contributed by atoms with Gasteiger partial charge in [0.25, 0.3) is 0 Å². The summed E-state index contributed by atoms with van der Waals surface area (Å²) in [6.45, 7) is 3.67. The summed E-state index contributed by atoms with van der Waals surface area (Å²) >= 11 is 0. The molecule has 4 nitrogen and oxygen atoms in total. The van der Waals surface area contributed by atoms with Crippen LogP contribution in [0.3, 0.4) is 0 Å². The Morgan fingerprint density at radius 1 is 1.55 bits per heavy atom. The van der Waals surface area contributed by atoms with Crippen LogP contribution < -0.4 is 0 Å². The molecule has 0 aromatic carbocycles. The molecule has 1 unspecified atom stereocenters. The number of rotatable bonds is 5. The molecule has 0 rings (SSSR count). The van der Waals surface area contributed by atoms with Crippen LogP contribution in [0.15, 0.2) is 0 Å². The van der Waals surface area contributed by atoms with Crippen LogP contribution in [0.5, 0.6) is 0 Å². The van der Waals surface area contributed by atoms with Crippen molar-refractivity contribution in [3.8, 4) is 6.07 Å². The highest BCUT2D eigenvalue weighted by molar-refractivity contribution is 7.52. The van der Waals surface area contributed by atoms with E-state index in [-0.39, 0.29) is 13.0 Å². The van der Waals surface area contributed by atoms with Crippen LogP contribution in [0.4, 0.5) is 0 Å². The Bertz CT molecular complexity index is 187. The minimum atomic E-state index is -2.87. The van der Waals surface area contributed by atoms with E-state index >= 15 is 0 Å². The zero-order chi connectivity index (χ0) is 8.74. The van der Waals surface area contributed by atoms with Gasteiger partial charge >= 0.3 is 7.60 Å². The predicted molar refractivity (Wildman–Crippen MR) is 41.3 cm³/mol. The van der Waals surface area contributed by atoms with Crippen molar-refractivity contribution < 1.29 is 13.6 Å². The van der Waals surface area contributed by atoms with E-state index in [0.29, 0.717) is 6.61 Å². The van der Waals surface area contributed by atoms with Crippen molar-refractivity contribution in [3.05, 3.63) is 0 Å². The number of hydrogen-bond acceptors (Lipinski definition) is 4. The van der Waals surface area contributed by atoms with Crippen LogP contribution in [0.1, 0.15) is 13.3 Å². The Morgan fingerprint density at radius 2 is 2.18 bits per heavy atom. The second-order valence-corrected chi connectivity index (χ2v) is 3.99. The molecule has 11 heavy (non-hydrogen) atoms. The maximum Gasteiger partial charge on any atom is 0.327 e. The van der Waals surface area contributed by atoms with Crippen LogP contribution in [0.2, 0.25) is 0 Å². The molecule has 0 spiro atoms. The Morgan fingerprint density at radius 3 is 2.64 bits per heavy atom. The lowest BCUT2D eigenvalue weighted by molar-refractivity contribution is 0.220. The van der Waals surface area contributed by atoms with Crippen molar-refractivity contribution in [2.24, 2.45) is 0 Å². The average Bonchev–Trinajstić information content (AvgIpc) is 1.87. The lowest BCUT2D eigenvalue weighted by Crippen LogP contribution is -1.95. The lowest BCUT2D eigenvalue weighted by Gasteiger charge is -2.10. The van der Waals surface area contributed by atoms with E-state index in [4.69, 9.17) is 14.3 Å². The smallest absolute Gasteiger partial charge is 0.309 e. The second-order valence-electron chi connectivity index (χ2n) is 1.93. The Balaban J connectivity index is 3.57. The molecule has 0 N–H and O–H groups in total. The van der Waals surface area contributed by atoms with E-state index in [9.17, 15) is 4.57 Å². The van der Waals surface area contributed by atoms with Crippen molar-refractivity contribution in [2.75, 3.05) is 19.9 Å². The van der Waals surface area contributed by atoms with Gasteiger partial charge in [0.1, 0.15) is 0 Å². The summed E-state index contributed by atoms with van der Waals surface area (Å²) in [7, 11) is -2.87. The fraction of sp³-hybridized carbons (Fsp3) is 0.833. The molecule has 0 aromatic heterocycles. The molecule has 0 bridgehead atoms. The van der Waals surface area contributed by atoms with Crippen LogP contribution in [-0.4, -0.2) is 19.9 Å². The molecular weight excluding hydrogens is 165 g/mol. The first-order chi connectivity index (χ1) is 5.12. The molecule has 0 aliphatic rings. The van der Waals surface area contributed by atoms with Gasteiger partial charge in [0.05, 0.1) is 25.7 Å². The topological polar surface area (TPSA) is 59.3 Å². The molecule has 1 atom stereocenters. The Labute approximate surface area is 66.6 Å². The summed E-state index contributed by atoms with van der Waals surface area (Å²) in [5.74, 6) is 0. The first-order valence-electron chi connectivity index (χ1n) is 3.36. The predicted octanol–water partition coefficient (Wildman–Crippen LogP) is 1.78. The highest BCUT2D eigenvalue weighted by Gasteiger charge is 2.14. The molecule has 0 saturated heterocycles. The van der Waals surface area contributed by atoms with Crippen molar-refractivity contribution in [1.82, 2.24) is 0 Å². The third-order valence-corrected chi connectivity index (χ3v) is 2.28. The van der Waals surface area contributed by atoms with Crippen molar-refractivity contribution >= 4 is 7.60 Å². The third-order valence-electron chi connectivity index (χ3n) is 0.903. The fourth-order valence-corrected chi connectivity index (χ4v) is 1.50. The zero-order valence-electron chi connectivity index (χ0n) is 6.74. The first kappa shape index (κ1) is 10.6. The van der Waals surface area contributed by atoms with Crippen LogP contribution in [0, 0.1) is 11.3 Å². The summed E-state index contributed by atoms with van der Waals surface area (Å²) in [6, 6.07) is 1.88. The van der Waals surface area contributed by atoms with Crippen molar-refractivity contribution in [1.29, 1.82) is 5.26 Å². The number of hydrogen-bond donors (Lipinski definition) is 0. The minimum absolute atomic E-state index is 0.171. The quantitative estimate of drug-likeness (QED) is 0.474. The van der Waals surface area contributed by atoms with Gasteiger partial charge in [-0.3, -0.25) is 4.57 Å². The van der Waals surface area contributed by atoms with Crippen LogP contribution >= 0.6 is 7.60 Å². The highest BCUT2D eigenvalue weighted by Crippen LogP contribution is 2.43. The van der Waals surface area contributed by atoms with Gasteiger partial charge in [-0.15, -0.1) is 0 Å².